The van der Waals surface area contributed by atoms with E-state index in [0.29, 0.717) is 0 Å². The Morgan fingerprint density at radius 3 is 2.22 bits per heavy atom. The number of amidine groups is 1. The van der Waals surface area contributed by atoms with Crippen molar-refractivity contribution < 1.29 is 0 Å². The zero-order valence-corrected chi connectivity index (χ0v) is 21.6. The summed E-state index contributed by atoms with van der Waals surface area (Å²) in [7, 11) is 0. The van der Waals surface area contributed by atoms with Gasteiger partial charge in [0, 0.05) is 63.6 Å². The largest absolute Gasteiger partial charge is 0.398 e. The van der Waals surface area contributed by atoms with E-state index in [4.69, 9.17) is 10.7 Å². The van der Waals surface area contributed by atoms with Crippen LogP contribution in [0.5, 0.6) is 0 Å². The third-order valence-electron chi connectivity index (χ3n) is 6.62. The number of para-hydroxylation sites is 2. The van der Waals surface area contributed by atoms with E-state index in [-0.39, 0.29) is 0 Å². The Morgan fingerprint density at radius 1 is 0.722 bits per heavy atom. The molecule has 6 heteroatoms. The minimum Gasteiger partial charge on any atom is -0.398 e. The van der Waals surface area contributed by atoms with Crippen LogP contribution in [-0.2, 0) is 6.54 Å². The summed E-state index contributed by atoms with van der Waals surface area (Å²) < 4.78 is 0. The Balaban J connectivity index is 1.19. The van der Waals surface area contributed by atoms with Crippen LogP contribution in [-0.4, -0.2) is 41.8 Å². The molecule has 180 valence electrons. The summed E-state index contributed by atoms with van der Waals surface area (Å²) >= 11 is 3.57. The SMILES string of the molecule is Nc1ccccc1Sc1ccccc1CN1CCN(C2=Nc3ccccc3Sc3ccccc32)CC1. The van der Waals surface area contributed by atoms with Crippen LogP contribution >= 0.6 is 23.5 Å². The summed E-state index contributed by atoms with van der Waals surface area (Å²) in [6.07, 6.45) is 0. The van der Waals surface area contributed by atoms with Gasteiger partial charge in [-0.15, -0.1) is 0 Å². The summed E-state index contributed by atoms with van der Waals surface area (Å²) in [5.74, 6) is 1.10. The van der Waals surface area contributed by atoms with Crippen molar-refractivity contribution in [2.45, 2.75) is 26.1 Å². The summed E-state index contributed by atoms with van der Waals surface area (Å²) in [5, 5.41) is 0. The van der Waals surface area contributed by atoms with Gasteiger partial charge in [0.05, 0.1) is 5.69 Å². The lowest BCUT2D eigenvalue weighted by Crippen LogP contribution is -2.48. The van der Waals surface area contributed by atoms with Crippen molar-refractivity contribution in [3.63, 3.8) is 0 Å². The molecule has 36 heavy (non-hydrogen) atoms. The van der Waals surface area contributed by atoms with Crippen molar-refractivity contribution in [2.75, 3.05) is 31.9 Å². The first kappa shape index (κ1) is 23.2. The van der Waals surface area contributed by atoms with Gasteiger partial charge in [0.15, 0.2) is 0 Å². The number of nitrogen functional groups attached to an aromatic ring is 1. The fourth-order valence-corrected chi connectivity index (χ4v) is 6.69. The Bertz CT molecular complexity index is 1410. The van der Waals surface area contributed by atoms with Crippen molar-refractivity contribution in [3.05, 3.63) is 108 Å². The number of aliphatic imine (C=N–C) groups is 1. The third kappa shape index (κ3) is 4.89. The molecule has 0 saturated carbocycles. The van der Waals surface area contributed by atoms with Crippen LogP contribution in [0.4, 0.5) is 11.4 Å². The molecule has 0 unspecified atom stereocenters. The molecule has 4 aromatic rings. The van der Waals surface area contributed by atoms with Gasteiger partial charge < -0.3 is 10.6 Å². The highest BCUT2D eigenvalue weighted by Gasteiger charge is 2.25. The van der Waals surface area contributed by atoms with Crippen LogP contribution in [0.3, 0.4) is 0 Å². The first-order valence-corrected chi connectivity index (χ1v) is 13.9. The highest BCUT2D eigenvalue weighted by molar-refractivity contribution is 7.99. The molecule has 0 radical (unpaired) electrons. The Labute approximate surface area is 221 Å². The van der Waals surface area contributed by atoms with Gasteiger partial charge >= 0.3 is 0 Å². The van der Waals surface area contributed by atoms with E-state index in [1.165, 1.54) is 25.8 Å². The van der Waals surface area contributed by atoms with E-state index >= 15 is 0 Å². The molecule has 0 spiro atoms. The number of anilines is 1. The van der Waals surface area contributed by atoms with E-state index < -0.39 is 0 Å². The predicted molar refractivity (Wildman–Crippen MR) is 151 cm³/mol. The average molecular weight is 509 g/mol. The third-order valence-corrected chi connectivity index (χ3v) is 8.97. The smallest absolute Gasteiger partial charge is 0.137 e. The van der Waals surface area contributed by atoms with Gasteiger partial charge in [-0.3, -0.25) is 4.90 Å². The molecule has 2 aliphatic heterocycles. The van der Waals surface area contributed by atoms with Crippen LogP contribution in [0.25, 0.3) is 0 Å². The van der Waals surface area contributed by atoms with E-state index in [1.807, 2.05) is 30.0 Å². The fraction of sp³-hybridized carbons (Fsp3) is 0.167. The maximum Gasteiger partial charge on any atom is 0.137 e. The van der Waals surface area contributed by atoms with E-state index in [2.05, 4.69) is 88.7 Å². The predicted octanol–water partition coefficient (Wildman–Crippen LogP) is 6.78. The van der Waals surface area contributed by atoms with E-state index in [0.717, 1.165) is 54.8 Å². The minimum atomic E-state index is 0.829. The van der Waals surface area contributed by atoms with Crippen molar-refractivity contribution in [3.8, 4) is 0 Å². The topological polar surface area (TPSA) is 44.9 Å². The number of rotatable bonds is 4. The minimum absolute atomic E-state index is 0.829. The number of piperazine rings is 1. The molecule has 2 aliphatic rings. The maximum absolute atomic E-state index is 6.21. The molecule has 6 rings (SSSR count). The van der Waals surface area contributed by atoms with E-state index in [9.17, 15) is 0 Å². The number of nitrogens with zero attached hydrogens (tertiary/aromatic N) is 3. The van der Waals surface area contributed by atoms with Crippen molar-refractivity contribution in [2.24, 2.45) is 4.99 Å². The molecule has 0 aromatic heterocycles. The zero-order chi connectivity index (χ0) is 24.3. The first-order chi connectivity index (χ1) is 17.7. The Hall–Kier alpha value is -3.19. The second kappa shape index (κ2) is 10.4. The van der Waals surface area contributed by atoms with Gasteiger partial charge in [-0.05, 0) is 42.0 Å². The summed E-state index contributed by atoms with van der Waals surface area (Å²) in [6, 6.07) is 33.9. The molecule has 1 fully saturated rings. The zero-order valence-electron chi connectivity index (χ0n) is 20.0. The summed E-state index contributed by atoms with van der Waals surface area (Å²) in [6.45, 7) is 4.86. The van der Waals surface area contributed by atoms with Crippen LogP contribution in [0, 0.1) is 0 Å². The van der Waals surface area contributed by atoms with Crippen LogP contribution in [0.15, 0.2) is 122 Å². The van der Waals surface area contributed by atoms with Gasteiger partial charge in [0.25, 0.3) is 0 Å². The monoisotopic (exact) mass is 508 g/mol. The standard InChI is InChI=1S/C30H28N4S2/c31-24-11-3-7-15-28(24)35-26-13-5-1-9-22(26)21-33-17-19-34(20-18-33)30-23-10-2-6-14-27(23)36-29-16-8-4-12-25(29)32-30/h1-16H,17-21,31H2. The second-order valence-electron chi connectivity index (χ2n) is 9.01. The molecule has 1 saturated heterocycles. The number of benzene rings is 4. The number of hydrogen-bond acceptors (Lipinski definition) is 6. The fourth-order valence-electron chi connectivity index (χ4n) is 4.69. The van der Waals surface area contributed by atoms with Gasteiger partial charge in [-0.1, -0.05) is 84.2 Å². The Kier molecular flexibility index (Phi) is 6.73. The lowest BCUT2D eigenvalue weighted by molar-refractivity contribution is 0.174. The Morgan fingerprint density at radius 2 is 1.39 bits per heavy atom. The lowest BCUT2D eigenvalue weighted by atomic mass is 10.1. The average Bonchev–Trinajstić information content (AvgIpc) is 3.08. The highest BCUT2D eigenvalue weighted by atomic mass is 32.2. The molecule has 2 N–H and O–H groups in total. The van der Waals surface area contributed by atoms with Gasteiger partial charge in [0.2, 0.25) is 0 Å². The molecule has 2 heterocycles. The first-order valence-electron chi connectivity index (χ1n) is 12.3. The van der Waals surface area contributed by atoms with Crippen LogP contribution < -0.4 is 5.73 Å². The van der Waals surface area contributed by atoms with Crippen LogP contribution in [0.2, 0.25) is 0 Å². The highest BCUT2D eigenvalue weighted by Crippen LogP contribution is 2.40. The normalized spacial score (nSPS) is 15.6. The van der Waals surface area contributed by atoms with Crippen LogP contribution in [0.1, 0.15) is 11.1 Å². The molecule has 0 aliphatic carbocycles. The lowest BCUT2D eigenvalue weighted by Gasteiger charge is -2.37. The maximum atomic E-state index is 6.21. The number of fused-ring (bicyclic) bond motifs is 2. The molecular formula is C30H28N4S2. The molecule has 4 aromatic carbocycles. The quantitative estimate of drug-likeness (QED) is 0.308. The molecule has 0 atom stereocenters. The molecule has 4 nitrogen and oxygen atoms in total. The summed E-state index contributed by atoms with van der Waals surface area (Å²) in [4.78, 5) is 15.1. The molecular weight excluding hydrogens is 480 g/mol. The number of hydrogen-bond donors (Lipinski definition) is 1. The summed E-state index contributed by atoms with van der Waals surface area (Å²) in [5.41, 5.74) is 10.7. The van der Waals surface area contributed by atoms with Gasteiger partial charge in [-0.2, -0.15) is 0 Å². The van der Waals surface area contributed by atoms with Crippen molar-refractivity contribution in [1.82, 2.24) is 9.80 Å². The van der Waals surface area contributed by atoms with E-state index in [1.54, 1.807) is 11.8 Å². The molecule has 0 bridgehead atoms. The van der Waals surface area contributed by atoms with Crippen molar-refractivity contribution in [1.29, 1.82) is 0 Å². The van der Waals surface area contributed by atoms with Gasteiger partial charge in [0.1, 0.15) is 5.84 Å². The second-order valence-corrected chi connectivity index (χ2v) is 11.2. The van der Waals surface area contributed by atoms with Crippen molar-refractivity contribution >= 4 is 40.7 Å². The number of nitrogens with two attached hydrogens (primary N) is 1. The van der Waals surface area contributed by atoms with Gasteiger partial charge in [-0.25, -0.2) is 4.99 Å². The molecule has 0 amide bonds.